The zero-order valence-electron chi connectivity index (χ0n) is 18.7. The second-order valence-electron chi connectivity index (χ2n) is 7.91. The molecule has 0 bridgehead atoms. The van der Waals surface area contributed by atoms with E-state index in [0.29, 0.717) is 33.2 Å². The molecule has 4 rings (SSSR count). The number of hydrogen-bond acceptors (Lipinski definition) is 6. The molecule has 0 atom stereocenters. The van der Waals surface area contributed by atoms with E-state index in [1.807, 2.05) is 33.8 Å². The van der Waals surface area contributed by atoms with Crippen molar-refractivity contribution in [2.24, 2.45) is 0 Å². The summed E-state index contributed by atoms with van der Waals surface area (Å²) in [6.07, 6.45) is 1.58. The molecular formula is C24H23ClN4O4. The van der Waals surface area contributed by atoms with Crippen LogP contribution in [0, 0.1) is 13.8 Å². The Bertz CT molecular complexity index is 1360. The average Bonchev–Trinajstić information content (AvgIpc) is 3.35. The highest BCUT2D eigenvalue weighted by atomic mass is 35.5. The number of para-hydroxylation sites is 1. The molecule has 33 heavy (non-hydrogen) atoms. The smallest absolute Gasteiger partial charge is 0.339 e. The number of carbonyl (C=O) groups is 2. The Hall–Kier alpha value is -3.65. The molecule has 3 aromatic heterocycles. The lowest BCUT2D eigenvalue weighted by atomic mass is 10.1. The largest absolute Gasteiger partial charge is 0.466 e. The van der Waals surface area contributed by atoms with Crippen LogP contribution in [0.2, 0.25) is 5.02 Å². The second-order valence-corrected chi connectivity index (χ2v) is 8.31. The molecule has 0 saturated carbocycles. The first-order valence-corrected chi connectivity index (χ1v) is 10.8. The lowest BCUT2D eigenvalue weighted by Gasteiger charge is -2.11. The molecule has 0 aliphatic heterocycles. The number of anilines is 1. The van der Waals surface area contributed by atoms with Crippen LogP contribution >= 0.6 is 11.6 Å². The van der Waals surface area contributed by atoms with Crippen LogP contribution in [0.5, 0.6) is 0 Å². The monoisotopic (exact) mass is 466 g/mol. The molecule has 3 heterocycles. The maximum Gasteiger partial charge on any atom is 0.339 e. The van der Waals surface area contributed by atoms with Gasteiger partial charge in [-0.15, -0.1) is 0 Å². The molecule has 1 amide bonds. The van der Waals surface area contributed by atoms with Gasteiger partial charge in [-0.25, -0.2) is 14.5 Å². The van der Waals surface area contributed by atoms with Crippen molar-refractivity contribution in [3.63, 3.8) is 0 Å². The van der Waals surface area contributed by atoms with Gasteiger partial charge >= 0.3 is 5.97 Å². The van der Waals surface area contributed by atoms with Crippen LogP contribution in [0.3, 0.4) is 0 Å². The number of esters is 1. The lowest BCUT2D eigenvalue weighted by Crippen LogP contribution is -2.21. The molecule has 0 saturated heterocycles. The van der Waals surface area contributed by atoms with Crippen molar-refractivity contribution in [1.82, 2.24) is 14.8 Å². The van der Waals surface area contributed by atoms with E-state index >= 15 is 0 Å². The number of amides is 1. The van der Waals surface area contributed by atoms with Crippen molar-refractivity contribution in [2.75, 3.05) is 11.9 Å². The quantitative estimate of drug-likeness (QED) is 0.385. The summed E-state index contributed by atoms with van der Waals surface area (Å²) >= 11 is 6.06. The highest BCUT2D eigenvalue weighted by Gasteiger charge is 2.22. The normalized spacial score (nSPS) is 11.2. The number of hydrogen-bond donors (Lipinski definition) is 1. The number of rotatable bonds is 6. The molecule has 0 spiro atoms. The van der Waals surface area contributed by atoms with Crippen LogP contribution in [0.4, 0.5) is 5.69 Å². The molecule has 1 aromatic carbocycles. The minimum absolute atomic E-state index is 0.0303. The SMILES string of the molecule is Cc1cc(-c2cc(C(=O)OCC(=O)Nc3ccccc3Cl)c3cnn(C(C)C)c3n2)c(C)o1. The second kappa shape index (κ2) is 9.07. The maximum atomic E-state index is 13.0. The summed E-state index contributed by atoms with van der Waals surface area (Å²) in [6.45, 7) is 7.17. The van der Waals surface area contributed by atoms with E-state index in [4.69, 9.17) is 25.7 Å². The molecule has 0 aliphatic rings. The van der Waals surface area contributed by atoms with Crippen molar-refractivity contribution >= 4 is 40.2 Å². The van der Waals surface area contributed by atoms with E-state index in [0.717, 1.165) is 11.3 Å². The van der Waals surface area contributed by atoms with Gasteiger partial charge in [-0.05, 0) is 52.0 Å². The number of halogens is 1. The fourth-order valence-corrected chi connectivity index (χ4v) is 3.73. The minimum Gasteiger partial charge on any atom is -0.466 e. The number of benzene rings is 1. The van der Waals surface area contributed by atoms with E-state index in [1.165, 1.54) is 0 Å². The number of aryl methyl sites for hydroxylation is 2. The maximum absolute atomic E-state index is 13.0. The Morgan fingerprint density at radius 3 is 2.64 bits per heavy atom. The van der Waals surface area contributed by atoms with E-state index in [1.54, 1.807) is 41.2 Å². The summed E-state index contributed by atoms with van der Waals surface area (Å²) in [6, 6.07) is 10.4. The van der Waals surface area contributed by atoms with Gasteiger partial charge in [0.25, 0.3) is 5.91 Å². The Morgan fingerprint density at radius 1 is 1.21 bits per heavy atom. The predicted molar refractivity (Wildman–Crippen MR) is 125 cm³/mol. The average molecular weight is 467 g/mol. The van der Waals surface area contributed by atoms with Gasteiger partial charge in [0.2, 0.25) is 0 Å². The molecule has 1 N–H and O–H groups in total. The molecule has 0 radical (unpaired) electrons. The molecule has 8 nitrogen and oxygen atoms in total. The number of ether oxygens (including phenoxy) is 1. The van der Waals surface area contributed by atoms with E-state index in [-0.39, 0.29) is 11.6 Å². The highest BCUT2D eigenvalue weighted by molar-refractivity contribution is 6.33. The number of pyridine rings is 1. The third-order valence-electron chi connectivity index (χ3n) is 5.08. The predicted octanol–water partition coefficient (Wildman–Crippen LogP) is 5.34. The molecule has 170 valence electrons. The number of fused-ring (bicyclic) bond motifs is 1. The fraction of sp³-hybridized carbons (Fsp3) is 0.250. The summed E-state index contributed by atoms with van der Waals surface area (Å²) in [7, 11) is 0. The zero-order chi connectivity index (χ0) is 23.7. The zero-order valence-corrected chi connectivity index (χ0v) is 19.4. The molecule has 0 fully saturated rings. The van der Waals surface area contributed by atoms with Gasteiger partial charge in [0, 0.05) is 11.6 Å². The van der Waals surface area contributed by atoms with Crippen molar-refractivity contribution in [3.05, 3.63) is 64.7 Å². The highest BCUT2D eigenvalue weighted by Crippen LogP contribution is 2.30. The Kier molecular flexibility index (Phi) is 6.20. The number of furan rings is 1. The van der Waals surface area contributed by atoms with Crippen molar-refractivity contribution in [1.29, 1.82) is 0 Å². The summed E-state index contributed by atoms with van der Waals surface area (Å²) in [5.41, 5.74) is 2.60. The van der Waals surface area contributed by atoms with Crippen LogP contribution < -0.4 is 5.32 Å². The third kappa shape index (κ3) is 4.61. The number of aromatic nitrogens is 3. The minimum atomic E-state index is -0.654. The summed E-state index contributed by atoms with van der Waals surface area (Å²) in [5, 5.41) is 7.96. The first-order valence-electron chi connectivity index (χ1n) is 10.4. The Balaban J connectivity index is 1.64. The van der Waals surface area contributed by atoms with Crippen molar-refractivity contribution in [3.8, 4) is 11.3 Å². The van der Waals surface area contributed by atoms with E-state index in [9.17, 15) is 9.59 Å². The number of nitrogens with zero attached hydrogens (tertiary/aromatic N) is 3. The molecule has 0 unspecified atom stereocenters. The van der Waals surface area contributed by atoms with E-state index < -0.39 is 18.5 Å². The summed E-state index contributed by atoms with van der Waals surface area (Å²) in [5.74, 6) is 0.274. The first-order chi connectivity index (χ1) is 15.7. The van der Waals surface area contributed by atoms with Gasteiger partial charge in [0.15, 0.2) is 12.3 Å². The molecule has 9 heteroatoms. The van der Waals surface area contributed by atoms with Gasteiger partial charge in [0.1, 0.15) is 11.5 Å². The van der Waals surface area contributed by atoms with Crippen LogP contribution in [0.25, 0.3) is 22.3 Å². The van der Waals surface area contributed by atoms with Gasteiger partial charge in [-0.2, -0.15) is 5.10 Å². The van der Waals surface area contributed by atoms with Crippen LogP contribution in [-0.4, -0.2) is 33.2 Å². The molecular weight excluding hydrogens is 444 g/mol. The van der Waals surface area contributed by atoms with Crippen LogP contribution in [0.15, 0.2) is 47.0 Å². The summed E-state index contributed by atoms with van der Waals surface area (Å²) in [4.78, 5) is 30.1. The van der Waals surface area contributed by atoms with Crippen molar-refractivity contribution < 1.29 is 18.7 Å². The first kappa shape index (κ1) is 22.5. The van der Waals surface area contributed by atoms with E-state index in [2.05, 4.69) is 10.4 Å². The van der Waals surface area contributed by atoms with Gasteiger partial charge in [-0.3, -0.25) is 4.79 Å². The lowest BCUT2D eigenvalue weighted by molar-refractivity contribution is -0.119. The third-order valence-corrected chi connectivity index (χ3v) is 5.40. The topological polar surface area (TPSA) is 99.2 Å². The Morgan fingerprint density at radius 2 is 1.97 bits per heavy atom. The fourth-order valence-electron chi connectivity index (χ4n) is 3.55. The number of carbonyl (C=O) groups excluding carboxylic acids is 2. The van der Waals surface area contributed by atoms with Gasteiger partial charge in [0.05, 0.1) is 33.6 Å². The van der Waals surface area contributed by atoms with Gasteiger partial charge in [-0.1, -0.05) is 23.7 Å². The van der Waals surface area contributed by atoms with Crippen molar-refractivity contribution in [2.45, 2.75) is 33.7 Å². The van der Waals surface area contributed by atoms with Crippen LogP contribution in [-0.2, 0) is 9.53 Å². The standard InChI is InChI=1S/C24H23ClN4O4/c1-13(2)29-23-18(11-26-29)17(10-21(28-23)16-9-14(3)33-15(16)4)24(31)32-12-22(30)27-20-8-6-5-7-19(20)25/h5-11,13H,12H2,1-4H3,(H,27,30). The Labute approximate surface area is 195 Å². The van der Waals surface area contributed by atoms with Crippen LogP contribution in [0.1, 0.15) is 41.8 Å². The number of nitrogens with one attached hydrogen (secondary N) is 1. The summed E-state index contributed by atoms with van der Waals surface area (Å²) < 4.78 is 12.7. The molecule has 0 aliphatic carbocycles. The van der Waals surface area contributed by atoms with Gasteiger partial charge < -0.3 is 14.5 Å². The molecule has 4 aromatic rings.